The maximum absolute atomic E-state index is 12.2. The number of halogens is 1. The molecule has 2 amide bonds. The number of hydrogen-bond donors (Lipinski definition) is 1. The van der Waals surface area contributed by atoms with Gasteiger partial charge >= 0.3 is 5.97 Å². The molecule has 0 unspecified atom stereocenters. The molecule has 3 rings (SSSR count). The highest BCUT2D eigenvalue weighted by atomic mass is 35.5. The van der Waals surface area contributed by atoms with Crippen LogP contribution in [0.25, 0.3) is 11.3 Å². The van der Waals surface area contributed by atoms with Gasteiger partial charge in [-0.25, -0.2) is 4.79 Å². The van der Waals surface area contributed by atoms with E-state index in [0.717, 1.165) is 5.56 Å². The Morgan fingerprint density at radius 1 is 1.26 bits per heavy atom. The Morgan fingerprint density at radius 3 is 2.67 bits per heavy atom. The van der Waals surface area contributed by atoms with Gasteiger partial charge in [0.2, 0.25) is 5.91 Å². The molecule has 1 aromatic carbocycles. The molecule has 1 atom stereocenters. The first kappa shape index (κ1) is 19.0. The summed E-state index contributed by atoms with van der Waals surface area (Å²) in [4.78, 5) is 36.5. The molecule has 1 aromatic heterocycles. The second-order valence-corrected chi connectivity index (χ2v) is 6.73. The lowest BCUT2D eigenvalue weighted by Crippen LogP contribution is -2.37. The number of rotatable bonds is 6. The third-order valence-corrected chi connectivity index (χ3v) is 4.48. The summed E-state index contributed by atoms with van der Waals surface area (Å²) < 4.78 is 10.7. The van der Waals surface area contributed by atoms with Crippen molar-refractivity contribution in [2.45, 2.75) is 25.4 Å². The maximum atomic E-state index is 12.2. The van der Waals surface area contributed by atoms with Crippen LogP contribution in [0.3, 0.4) is 0 Å². The van der Waals surface area contributed by atoms with E-state index < -0.39 is 12.0 Å². The van der Waals surface area contributed by atoms with Gasteiger partial charge in [0.25, 0.3) is 5.91 Å². The van der Waals surface area contributed by atoms with Crippen LogP contribution < -0.4 is 5.32 Å². The molecule has 2 heterocycles. The molecule has 1 saturated heterocycles. The van der Waals surface area contributed by atoms with Crippen molar-refractivity contribution in [2.75, 3.05) is 13.7 Å². The van der Waals surface area contributed by atoms with Gasteiger partial charge in [-0.05, 0) is 42.8 Å². The Balaban J connectivity index is 1.50. The van der Waals surface area contributed by atoms with Gasteiger partial charge in [-0.3, -0.25) is 9.59 Å². The summed E-state index contributed by atoms with van der Waals surface area (Å²) in [6.45, 7) is -0.142. The highest BCUT2D eigenvalue weighted by molar-refractivity contribution is 6.30. The van der Waals surface area contributed by atoms with Crippen LogP contribution >= 0.6 is 11.6 Å². The molecule has 1 aliphatic heterocycles. The molecule has 27 heavy (non-hydrogen) atoms. The predicted molar refractivity (Wildman–Crippen MR) is 97.8 cm³/mol. The Bertz CT molecular complexity index is 846. The number of furan rings is 1. The zero-order chi connectivity index (χ0) is 19.4. The molecule has 1 fully saturated rings. The van der Waals surface area contributed by atoms with Gasteiger partial charge in [0.05, 0.1) is 6.54 Å². The van der Waals surface area contributed by atoms with E-state index in [1.54, 1.807) is 25.2 Å². The molecule has 0 aliphatic carbocycles. The summed E-state index contributed by atoms with van der Waals surface area (Å²) in [6, 6.07) is 10.2. The molecule has 2 aromatic rings. The number of hydrogen-bond acceptors (Lipinski definition) is 5. The monoisotopic (exact) mass is 390 g/mol. The number of esters is 1. The van der Waals surface area contributed by atoms with Crippen molar-refractivity contribution in [3.05, 3.63) is 47.2 Å². The van der Waals surface area contributed by atoms with Crippen molar-refractivity contribution in [1.29, 1.82) is 0 Å². The van der Waals surface area contributed by atoms with E-state index in [1.807, 2.05) is 18.2 Å². The van der Waals surface area contributed by atoms with Gasteiger partial charge in [-0.1, -0.05) is 11.6 Å². The molecule has 8 heteroatoms. The number of carbonyl (C=O) groups excluding carboxylic acids is 3. The lowest BCUT2D eigenvalue weighted by Gasteiger charge is -2.16. The second-order valence-electron chi connectivity index (χ2n) is 6.29. The summed E-state index contributed by atoms with van der Waals surface area (Å²) in [5.41, 5.74) is 0.882. The third kappa shape index (κ3) is 4.89. The lowest BCUT2D eigenvalue weighted by molar-refractivity contribution is -0.153. The molecular formula is C19H19ClN2O5. The van der Waals surface area contributed by atoms with Crippen molar-refractivity contribution >= 4 is 29.4 Å². The van der Waals surface area contributed by atoms with Gasteiger partial charge < -0.3 is 19.4 Å². The lowest BCUT2D eigenvalue weighted by atomic mass is 10.2. The molecule has 0 bridgehead atoms. The normalized spacial score (nSPS) is 16.1. The fourth-order valence-corrected chi connectivity index (χ4v) is 2.81. The van der Waals surface area contributed by atoms with Gasteiger partial charge in [0.1, 0.15) is 17.6 Å². The molecule has 0 radical (unpaired) electrons. The standard InChI is InChI=1S/C19H19ClN2O5/c1-22(18(24)11-26-19(25)15-7-9-17(23)21-15)10-14-6-8-16(27-14)12-2-4-13(20)5-3-12/h2-6,8,15H,7,9-11H2,1H3,(H,21,23)/t15-/m0/s1. The van der Waals surface area contributed by atoms with E-state index in [1.165, 1.54) is 4.90 Å². The second kappa shape index (κ2) is 8.26. The summed E-state index contributed by atoms with van der Waals surface area (Å²) in [6.07, 6.45) is 0.684. The van der Waals surface area contributed by atoms with Gasteiger partial charge in [-0.15, -0.1) is 0 Å². The first-order valence-corrected chi connectivity index (χ1v) is 8.85. The predicted octanol–water partition coefficient (Wildman–Crippen LogP) is 2.38. The molecule has 0 spiro atoms. The summed E-state index contributed by atoms with van der Waals surface area (Å²) in [5.74, 6) is 0.133. The van der Waals surface area contributed by atoms with E-state index in [-0.39, 0.29) is 25.0 Å². The highest BCUT2D eigenvalue weighted by Gasteiger charge is 2.29. The number of benzene rings is 1. The molecular weight excluding hydrogens is 372 g/mol. The van der Waals surface area contributed by atoms with E-state index in [4.69, 9.17) is 20.8 Å². The Labute approximate surface area is 161 Å². The largest absolute Gasteiger partial charge is 0.459 e. The topological polar surface area (TPSA) is 88.9 Å². The minimum absolute atomic E-state index is 0.185. The first-order chi connectivity index (χ1) is 12.9. The van der Waals surface area contributed by atoms with Gasteiger partial charge in [-0.2, -0.15) is 0 Å². The van der Waals surface area contributed by atoms with E-state index in [0.29, 0.717) is 29.4 Å². The minimum atomic E-state index is -0.664. The van der Waals surface area contributed by atoms with E-state index in [2.05, 4.69) is 5.32 Å². The fraction of sp³-hybridized carbons (Fsp3) is 0.316. The average Bonchev–Trinajstić information content (AvgIpc) is 3.29. The molecule has 142 valence electrons. The molecule has 0 saturated carbocycles. The zero-order valence-corrected chi connectivity index (χ0v) is 15.5. The van der Waals surface area contributed by atoms with Crippen molar-refractivity contribution in [2.24, 2.45) is 0 Å². The molecule has 1 N–H and O–H groups in total. The van der Waals surface area contributed by atoms with E-state index >= 15 is 0 Å². The zero-order valence-electron chi connectivity index (χ0n) is 14.7. The van der Waals surface area contributed by atoms with Crippen LogP contribution in [0.4, 0.5) is 0 Å². The van der Waals surface area contributed by atoms with Crippen molar-refractivity contribution in [1.82, 2.24) is 10.2 Å². The molecule has 7 nitrogen and oxygen atoms in total. The van der Waals surface area contributed by atoms with Crippen molar-refractivity contribution in [3.8, 4) is 11.3 Å². The SMILES string of the molecule is CN(Cc1ccc(-c2ccc(Cl)cc2)o1)C(=O)COC(=O)[C@@H]1CCC(=O)N1. The van der Waals surface area contributed by atoms with Crippen LogP contribution in [-0.4, -0.2) is 42.4 Å². The van der Waals surface area contributed by atoms with Crippen LogP contribution in [0, 0.1) is 0 Å². The van der Waals surface area contributed by atoms with Gasteiger partial charge in [0.15, 0.2) is 6.61 Å². The number of amides is 2. The van der Waals surface area contributed by atoms with Crippen LogP contribution in [0.15, 0.2) is 40.8 Å². The number of carbonyl (C=O) groups is 3. The van der Waals surface area contributed by atoms with Crippen LogP contribution in [0.1, 0.15) is 18.6 Å². The Hall–Kier alpha value is -2.80. The summed E-state index contributed by atoms with van der Waals surface area (Å²) in [7, 11) is 1.60. The summed E-state index contributed by atoms with van der Waals surface area (Å²) in [5, 5.41) is 3.15. The number of nitrogens with one attached hydrogen (secondary N) is 1. The van der Waals surface area contributed by atoms with Crippen LogP contribution in [0.5, 0.6) is 0 Å². The van der Waals surface area contributed by atoms with Gasteiger partial charge in [0, 0.05) is 24.1 Å². The highest BCUT2D eigenvalue weighted by Crippen LogP contribution is 2.24. The fourth-order valence-electron chi connectivity index (χ4n) is 2.69. The van der Waals surface area contributed by atoms with E-state index in [9.17, 15) is 14.4 Å². The molecule has 1 aliphatic rings. The number of ether oxygens (including phenoxy) is 1. The number of likely N-dealkylation sites (N-methyl/N-ethyl adjacent to an activating group) is 1. The maximum Gasteiger partial charge on any atom is 0.329 e. The Kier molecular flexibility index (Phi) is 5.81. The minimum Gasteiger partial charge on any atom is -0.459 e. The Morgan fingerprint density at radius 2 is 2.00 bits per heavy atom. The van der Waals surface area contributed by atoms with Crippen molar-refractivity contribution < 1.29 is 23.5 Å². The third-order valence-electron chi connectivity index (χ3n) is 4.23. The number of nitrogens with zero attached hydrogens (tertiary/aromatic N) is 1. The van der Waals surface area contributed by atoms with Crippen LogP contribution in [-0.2, 0) is 25.7 Å². The van der Waals surface area contributed by atoms with Crippen molar-refractivity contribution in [3.63, 3.8) is 0 Å². The van der Waals surface area contributed by atoms with Crippen LogP contribution in [0.2, 0.25) is 5.02 Å². The summed E-state index contributed by atoms with van der Waals surface area (Å²) >= 11 is 5.88. The first-order valence-electron chi connectivity index (χ1n) is 8.47. The smallest absolute Gasteiger partial charge is 0.329 e. The quantitative estimate of drug-likeness (QED) is 0.765. The average molecular weight is 391 g/mol.